The van der Waals surface area contributed by atoms with Gasteiger partial charge in [-0.25, -0.2) is 0 Å². The molecule has 100 valence electrons. The van der Waals surface area contributed by atoms with Crippen molar-refractivity contribution in [2.24, 2.45) is 0 Å². The minimum Gasteiger partial charge on any atom is -0.300 e. The van der Waals surface area contributed by atoms with Crippen LogP contribution in [0, 0.1) is 0 Å². The predicted molar refractivity (Wildman–Crippen MR) is 72.1 cm³/mol. The van der Waals surface area contributed by atoms with Gasteiger partial charge < -0.3 is 0 Å². The lowest BCUT2D eigenvalue weighted by Gasteiger charge is -2.01. The first-order valence-corrected chi connectivity index (χ1v) is 7.24. The fourth-order valence-corrected chi connectivity index (χ4v) is 1.83. The van der Waals surface area contributed by atoms with Crippen molar-refractivity contribution in [1.29, 1.82) is 0 Å². The van der Waals surface area contributed by atoms with Crippen LogP contribution in [-0.4, -0.2) is 11.6 Å². The van der Waals surface area contributed by atoms with Crippen molar-refractivity contribution in [2.45, 2.75) is 84.5 Å². The Labute approximate surface area is 106 Å². The first-order chi connectivity index (χ1) is 8.20. The van der Waals surface area contributed by atoms with E-state index in [0.717, 1.165) is 25.7 Å². The van der Waals surface area contributed by atoms with E-state index >= 15 is 0 Å². The molecule has 0 unspecified atom stereocenters. The van der Waals surface area contributed by atoms with Crippen molar-refractivity contribution in [3.05, 3.63) is 0 Å². The number of unbranched alkanes of at least 4 members (excludes halogenated alkanes) is 5. The second kappa shape index (κ2) is 11.8. The largest absolute Gasteiger partial charge is 0.300 e. The lowest BCUT2D eigenvalue weighted by atomic mass is 10.0. The van der Waals surface area contributed by atoms with E-state index < -0.39 is 0 Å². The normalized spacial score (nSPS) is 10.5. The van der Waals surface area contributed by atoms with Crippen LogP contribution < -0.4 is 0 Å². The van der Waals surface area contributed by atoms with E-state index in [0.29, 0.717) is 25.7 Å². The molecule has 0 amide bonds. The summed E-state index contributed by atoms with van der Waals surface area (Å²) in [5.41, 5.74) is 0. The first kappa shape index (κ1) is 16.3. The third kappa shape index (κ3) is 11.6. The molecule has 17 heavy (non-hydrogen) atoms. The first-order valence-electron chi connectivity index (χ1n) is 7.24. The maximum atomic E-state index is 11.5. The number of carbonyl (C=O) groups excluding carboxylic acids is 2. The summed E-state index contributed by atoms with van der Waals surface area (Å²) in [7, 11) is 0. The fourth-order valence-electron chi connectivity index (χ4n) is 1.83. The van der Waals surface area contributed by atoms with E-state index in [4.69, 9.17) is 0 Å². The molecule has 0 saturated carbocycles. The molecule has 0 atom stereocenters. The average Bonchev–Trinajstić information content (AvgIpc) is 2.33. The van der Waals surface area contributed by atoms with Crippen LogP contribution >= 0.6 is 0 Å². The Kier molecular flexibility index (Phi) is 11.4. The number of carbonyl (C=O) groups is 2. The van der Waals surface area contributed by atoms with Crippen LogP contribution in [0.5, 0.6) is 0 Å². The second-order valence-electron chi connectivity index (χ2n) is 4.85. The van der Waals surface area contributed by atoms with Crippen molar-refractivity contribution in [3.63, 3.8) is 0 Å². The minimum absolute atomic E-state index is 0.256. The molecule has 0 spiro atoms. The second-order valence-corrected chi connectivity index (χ2v) is 4.85. The van der Waals surface area contributed by atoms with Gasteiger partial charge in [0.25, 0.3) is 0 Å². The third-order valence-corrected chi connectivity index (χ3v) is 3.05. The fraction of sp³-hybridized carbons (Fsp3) is 0.867. The molecule has 0 saturated heterocycles. The van der Waals surface area contributed by atoms with Gasteiger partial charge in [0.2, 0.25) is 0 Å². The van der Waals surface area contributed by atoms with Crippen LogP contribution in [-0.2, 0) is 9.59 Å². The smallest absolute Gasteiger partial charge is 0.133 e. The zero-order valence-electron chi connectivity index (χ0n) is 11.6. The molecule has 0 aliphatic heterocycles. The van der Waals surface area contributed by atoms with Crippen LogP contribution in [0.1, 0.15) is 84.5 Å². The van der Waals surface area contributed by atoms with Gasteiger partial charge in [-0.05, 0) is 12.8 Å². The Hall–Kier alpha value is -0.660. The summed E-state index contributed by atoms with van der Waals surface area (Å²) >= 11 is 0. The van der Waals surface area contributed by atoms with Crippen molar-refractivity contribution >= 4 is 11.6 Å². The Balaban J connectivity index is 3.36. The van der Waals surface area contributed by atoms with E-state index in [1.54, 1.807) is 0 Å². The highest BCUT2D eigenvalue weighted by Crippen LogP contribution is 2.08. The highest BCUT2D eigenvalue weighted by molar-refractivity contribution is 5.85. The molecule has 2 nitrogen and oxygen atoms in total. The van der Waals surface area contributed by atoms with Gasteiger partial charge >= 0.3 is 0 Å². The zero-order valence-corrected chi connectivity index (χ0v) is 11.6. The molecule has 0 aromatic heterocycles. The lowest BCUT2D eigenvalue weighted by molar-refractivity contribution is -0.124. The number of hydrogen-bond donors (Lipinski definition) is 0. The molecule has 0 N–H and O–H groups in total. The Morgan fingerprint density at radius 1 is 0.588 bits per heavy atom. The van der Waals surface area contributed by atoms with Gasteiger partial charge in [-0.3, -0.25) is 9.59 Å². The van der Waals surface area contributed by atoms with Crippen LogP contribution in [0.2, 0.25) is 0 Å². The van der Waals surface area contributed by atoms with Crippen molar-refractivity contribution in [2.75, 3.05) is 0 Å². The lowest BCUT2D eigenvalue weighted by Crippen LogP contribution is -2.04. The summed E-state index contributed by atoms with van der Waals surface area (Å²) < 4.78 is 0. The maximum Gasteiger partial charge on any atom is 0.133 e. The summed E-state index contributed by atoms with van der Waals surface area (Å²) in [6, 6.07) is 0. The monoisotopic (exact) mass is 240 g/mol. The Morgan fingerprint density at radius 2 is 1.06 bits per heavy atom. The van der Waals surface area contributed by atoms with Crippen molar-refractivity contribution in [1.82, 2.24) is 0 Å². The summed E-state index contributed by atoms with van der Waals surface area (Å²) in [6.45, 7) is 4.27. The number of ketones is 2. The highest BCUT2D eigenvalue weighted by Gasteiger charge is 2.06. The highest BCUT2D eigenvalue weighted by atomic mass is 16.1. The van der Waals surface area contributed by atoms with Gasteiger partial charge in [-0.15, -0.1) is 0 Å². The number of Topliss-reactive ketones (excluding diaryl/α,β-unsaturated/α-hetero) is 2. The predicted octanol–water partition coefficient (Wildman–Crippen LogP) is 4.46. The van der Waals surface area contributed by atoms with Crippen LogP contribution in [0.25, 0.3) is 0 Å². The minimum atomic E-state index is 0.256. The van der Waals surface area contributed by atoms with E-state index in [-0.39, 0.29) is 11.6 Å². The number of rotatable bonds is 12. The Morgan fingerprint density at radius 3 is 1.59 bits per heavy atom. The summed E-state index contributed by atoms with van der Waals surface area (Å²) in [5.74, 6) is 0.525. The van der Waals surface area contributed by atoms with E-state index in [1.807, 2.05) is 0 Å². The van der Waals surface area contributed by atoms with E-state index in [2.05, 4.69) is 13.8 Å². The third-order valence-electron chi connectivity index (χ3n) is 3.05. The number of hydrogen-bond acceptors (Lipinski definition) is 2. The molecular weight excluding hydrogens is 212 g/mol. The van der Waals surface area contributed by atoms with Gasteiger partial charge in [0.05, 0.1) is 0 Å². The standard InChI is InChI=1S/C15H28O2/c1-3-5-7-8-9-11-15(17)13-12-14(16)10-6-4-2/h3-13H2,1-2H3. The zero-order chi connectivity index (χ0) is 12.9. The molecule has 0 aromatic rings. The van der Waals surface area contributed by atoms with Crippen molar-refractivity contribution in [3.8, 4) is 0 Å². The molecule has 2 heteroatoms. The molecule has 0 rings (SSSR count). The molecule has 0 aromatic carbocycles. The van der Waals surface area contributed by atoms with Crippen LogP contribution in [0.4, 0.5) is 0 Å². The molecule has 0 radical (unpaired) electrons. The van der Waals surface area contributed by atoms with Crippen LogP contribution in [0.3, 0.4) is 0 Å². The molecule has 0 heterocycles. The van der Waals surface area contributed by atoms with E-state index in [9.17, 15) is 9.59 Å². The average molecular weight is 240 g/mol. The van der Waals surface area contributed by atoms with Gasteiger partial charge in [0, 0.05) is 25.7 Å². The van der Waals surface area contributed by atoms with Gasteiger partial charge in [0.15, 0.2) is 0 Å². The van der Waals surface area contributed by atoms with Gasteiger partial charge in [-0.2, -0.15) is 0 Å². The summed E-state index contributed by atoms with van der Waals surface area (Å²) in [4.78, 5) is 22.9. The molecule has 0 aliphatic carbocycles. The topological polar surface area (TPSA) is 34.1 Å². The van der Waals surface area contributed by atoms with Gasteiger partial charge in [-0.1, -0.05) is 46.0 Å². The summed E-state index contributed by atoms with van der Waals surface area (Å²) in [6.07, 6.45) is 10.2. The molecule has 0 aliphatic rings. The van der Waals surface area contributed by atoms with Crippen LogP contribution in [0.15, 0.2) is 0 Å². The summed E-state index contributed by atoms with van der Waals surface area (Å²) in [5, 5.41) is 0. The maximum absolute atomic E-state index is 11.5. The molecule has 0 fully saturated rings. The quantitative estimate of drug-likeness (QED) is 0.472. The molecule has 0 bridgehead atoms. The van der Waals surface area contributed by atoms with E-state index in [1.165, 1.54) is 19.3 Å². The SMILES string of the molecule is CCCCCCCC(=O)CCC(=O)CCCC. The Bertz CT molecular complexity index is 209. The van der Waals surface area contributed by atoms with Crippen molar-refractivity contribution < 1.29 is 9.59 Å². The van der Waals surface area contributed by atoms with Gasteiger partial charge in [0.1, 0.15) is 11.6 Å². The molecular formula is C15H28O2.